The Balaban J connectivity index is 1.39. The highest BCUT2D eigenvalue weighted by Crippen LogP contribution is 2.37. The van der Waals surface area contributed by atoms with Gasteiger partial charge in [0.05, 0.1) is 24.0 Å². The number of piperazine rings is 1. The number of carbonyl (C=O) groups is 1. The smallest absolute Gasteiger partial charge is 0.262 e. The maximum atomic E-state index is 12.3. The summed E-state index contributed by atoms with van der Waals surface area (Å²) in [7, 11) is 0. The summed E-state index contributed by atoms with van der Waals surface area (Å²) < 4.78 is 8.10. The number of pyridine rings is 1. The van der Waals surface area contributed by atoms with Crippen LogP contribution in [-0.2, 0) is 6.54 Å². The van der Waals surface area contributed by atoms with E-state index in [1.807, 2.05) is 47.9 Å². The molecule has 37 heavy (non-hydrogen) atoms. The standard InChI is InChI=1S/C26H29ClN6O3S/c1-17(19-4-2-3-5-20(19)27)36-23-13-24(37-25(23)26(28)35)33-16-30-21-14-29-18(12-22(21)33)15-32-8-6-31(7-9-32)10-11-34/h2-5,12-14,16-17,34H,6-11,15H2,1H3,(H2,28,35)/t17-/m1/s1. The summed E-state index contributed by atoms with van der Waals surface area (Å²) in [5, 5.41) is 10.5. The molecule has 1 amide bonds. The van der Waals surface area contributed by atoms with Gasteiger partial charge in [0, 0.05) is 55.9 Å². The van der Waals surface area contributed by atoms with Crippen molar-refractivity contribution < 1.29 is 14.6 Å². The minimum atomic E-state index is -0.551. The number of amides is 1. The van der Waals surface area contributed by atoms with Crippen molar-refractivity contribution in [2.24, 2.45) is 5.73 Å². The van der Waals surface area contributed by atoms with Crippen LogP contribution < -0.4 is 10.5 Å². The van der Waals surface area contributed by atoms with Gasteiger partial charge in [-0.05, 0) is 19.1 Å². The van der Waals surface area contributed by atoms with Crippen LogP contribution in [-0.4, -0.2) is 74.7 Å². The van der Waals surface area contributed by atoms with E-state index in [1.165, 1.54) is 11.3 Å². The van der Waals surface area contributed by atoms with E-state index in [1.54, 1.807) is 12.5 Å². The molecule has 1 aliphatic heterocycles. The highest BCUT2D eigenvalue weighted by Gasteiger charge is 2.22. The lowest BCUT2D eigenvalue weighted by molar-refractivity contribution is 0.0998. The first-order valence-corrected chi connectivity index (χ1v) is 13.3. The van der Waals surface area contributed by atoms with Gasteiger partial charge < -0.3 is 15.6 Å². The minimum absolute atomic E-state index is 0.189. The van der Waals surface area contributed by atoms with Gasteiger partial charge in [0.2, 0.25) is 0 Å². The van der Waals surface area contributed by atoms with Crippen molar-refractivity contribution in [3.8, 4) is 10.8 Å². The number of nitrogens with two attached hydrogens (primary N) is 1. The summed E-state index contributed by atoms with van der Waals surface area (Å²) in [5.74, 6) is -0.137. The Morgan fingerprint density at radius 1 is 1.19 bits per heavy atom. The Kier molecular flexibility index (Phi) is 7.73. The topological polar surface area (TPSA) is 110 Å². The molecule has 11 heteroatoms. The zero-order chi connectivity index (χ0) is 25.9. The number of halogens is 1. The molecule has 0 spiro atoms. The molecule has 1 atom stereocenters. The Morgan fingerprint density at radius 3 is 2.68 bits per heavy atom. The average molecular weight is 541 g/mol. The number of aromatic nitrogens is 3. The van der Waals surface area contributed by atoms with Gasteiger partial charge in [0.15, 0.2) is 0 Å². The number of fused-ring (bicyclic) bond motifs is 1. The van der Waals surface area contributed by atoms with Crippen molar-refractivity contribution in [2.75, 3.05) is 39.3 Å². The molecule has 1 saturated heterocycles. The number of aliphatic hydroxyl groups is 1. The second-order valence-electron chi connectivity index (χ2n) is 9.04. The zero-order valence-corrected chi connectivity index (χ0v) is 22.1. The quantitative estimate of drug-likeness (QED) is 0.334. The SMILES string of the molecule is C[C@@H](Oc1cc(-n2cnc3cnc(CN4CCN(CCO)CC4)cc32)sc1C(N)=O)c1ccccc1Cl. The maximum Gasteiger partial charge on any atom is 0.262 e. The molecule has 3 aromatic heterocycles. The number of hydrogen-bond acceptors (Lipinski definition) is 8. The van der Waals surface area contributed by atoms with E-state index < -0.39 is 5.91 Å². The first kappa shape index (κ1) is 25.6. The summed E-state index contributed by atoms with van der Waals surface area (Å²) in [4.78, 5) is 26.4. The highest BCUT2D eigenvalue weighted by molar-refractivity contribution is 7.16. The molecule has 5 rings (SSSR count). The fourth-order valence-corrected chi connectivity index (χ4v) is 5.77. The Morgan fingerprint density at radius 2 is 1.95 bits per heavy atom. The number of ether oxygens (including phenoxy) is 1. The number of imidazole rings is 1. The predicted octanol–water partition coefficient (Wildman–Crippen LogP) is 3.48. The van der Waals surface area contributed by atoms with Crippen molar-refractivity contribution in [3.63, 3.8) is 0 Å². The molecule has 0 radical (unpaired) electrons. The van der Waals surface area contributed by atoms with Crippen LogP contribution in [0.2, 0.25) is 5.02 Å². The van der Waals surface area contributed by atoms with Crippen LogP contribution >= 0.6 is 22.9 Å². The van der Waals surface area contributed by atoms with Gasteiger partial charge in [-0.1, -0.05) is 29.8 Å². The lowest BCUT2D eigenvalue weighted by Crippen LogP contribution is -2.46. The van der Waals surface area contributed by atoms with Crippen LogP contribution in [0.15, 0.2) is 48.9 Å². The van der Waals surface area contributed by atoms with Crippen molar-refractivity contribution in [1.82, 2.24) is 24.3 Å². The van der Waals surface area contributed by atoms with Gasteiger partial charge >= 0.3 is 0 Å². The maximum absolute atomic E-state index is 12.3. The zero-order valence-electron chi connectivity index (χ0n) is 20.5. The molecule has 194 valence electrons. The van der Waals surface area contributed by atoms with E-state index in [9.17, 15) is 4.79 Å². The molecular formula is C26H29ClN6O3S. The summed E-state index contributed by atoms with van der Waals surface area (Å²) >= 11 is 7.60. The number of benzene rings is 1. The fourth-order valence-electron chi connectivity index (χ4n) is 4.56. The summed E-state index contributed by atoms with van der Waals surface area (Å²) in [6.07, 6.45) is 3.13. The minimum Gasteiger partial charge on any atom is -0.484 e. The van der Waals surface area contributed by atoms with E-state index >= 15 is 0 Å². The number of aliphatic hydroxyl groups excluding tert-OH is 1. The largest absolute Gasteiger partial charge is 0.484 e. The third-order valence-electron chi connectivity index (χ3n) is 6.55. The van der Waals surface area contributed by atoms with Crippen LogP contribution in [0.1, 0.15) is 34.0 Å². The Bertz CT molecular complexity index is 1400. The molecule has 4 aromatic rings. The van der Waals surface area contributed by atoms with E-state index in [2.05, 4.69) is 19.8 Å². The van der Waals surface area contributed by atoms with Gasteiger partial charge in [-0.15, -0.1) is 11.3 Å². The van der Waals surface area contributed by atoms with Gasteiger partial charge in [-0.3, -0.25) is 24.1 Å². The molecule has 0 unspecified atom stereocenters. The van der Waals surface area contributed by atoms with Crippen LogP contribution in [0.3, 0.4) is 0 Å². The number of hydrogen-bond donors (Lipinski definition) is 2. The summed E-state index contributed by atoms with van der Waals surface area (Å²) in [6.45, 7) is 7.24. The molecule has 0 aliphatic carbocycles. The molecular weight excluding hydrogens is 512 g/mol. The van der Waals surface area contributed by atoms with E-state index in [0.717, 1.165) is 60.0 Å². The summed E-state index contributed by atoms with van der Waals surface area (Å²) in [5.41, 5.74) is 9.13. The van der Waals surface area contributed by atoms with Gasteiger partial charge in [-0.2, -0.15) is 0 Å². The van der Waals surface area contributed by atoms with Gasteiger partial charge in [0.1, 0.15) is 33.6 Å². The number of carbonyl (C=O) groups excluding carboxylic acids is 1. The average Bonchev–Trinajstić information content (AvgIpc) is 3.49. The molecule has 1 aromatic carbocycles. The predicted molar refractivity (Wildman–Crippen MR) is 145 cm³/mol. The number of nitrogens with zero attached hydrogens (tertiary/aromatic N) is 5. The third kappa shape index (κ3) is 5.63. The van der Waals surface area contributed by atoms with Gasteiger partial charge in [0.25, 0.3) is 5.91 Å². The summed E-state index contributed by atoms with van der Waals surface area (Å²) in [6, 6.07) is 11.3. The molecule has 0 bridgehead atoms. The van der Waals surface area contributed by atoms with Crippen LogP contribution in [0.4, 0.5) is 0 Å². The number of β-amino-alcohol motifs (C(OH)–C–C–N with tert-alkyl or cyclic N) is 1. The van der Waals surface area contributed by atoms with Crippen molar-refractivity contribution in [3.05, 3.63) is 70.1 Å². The lowest BCUT2D eigenvalue weighted by Gasteiger charge is -2.34. The molecule has 1 fully saturated rings. The van der Waals surface area contributed by atoms with E-state index in [-0.39, 0.29) is 12.7 Å². The lowest BCUT2D eigenvalue weighted by atomic mass is 10.1. The molecule has 0 saturated carbocycles. The van der Waals surface area contributed by atoms with E-state index in [4.69, 9.17) is 27.2 Å². The number of rotatable bonds is 9. The van der Waals surface area contributed by atoms with Crippen molar-refractivity contribution >= 4 is 39.9 Å². The van der Waals surface area contributed by atoms with Crippen LogP contribution in [0, 0.1) is 0 Å². The van der Waals surface area contributed by atoms with Gasteiger partial charge in [-0.25, -0.2) is 4.98 Å². The Hall–Kier alpha value is -3.02. The van der Waals surface area contributed by atoms with Crippen molar-refractivity contribution in [1.29, 1.82) is 0 Å². The second-order valence-corrected chi connectivity index (χ2v) is 10.5. The third-order valence-corrected chi connectivity index (χ3v) is 8.02. The molecule has 1 aliphatic rings. The number of thiophene rings is 1. The first-order chi connectivity index (χ1) is 17.9. The highest BCUT2D eigenvalue weighted by atomic mass is 35.5. The molecule has 4 heterocycles. The molecule has 3 N–H and O–H groups in total. The van der Waals surface area contributed by atoms with Crippen molar-refractivity contribution in [2.45, 2.75) is 19.6 Å². The van der Waals surface area contributed by atoms with E-state index in [0.29, 0.717) is 22.2 Å². The normalized spacial score (nSPS) is 15.8. The monoisotopic (exact) mass is 540 g/mol. The first-order valence-electron chi connectivity index (χ1n) is 12.2. The molecule has 9 nitrogen and oxygen atoms in total. The Labute approximate surface area is 224 Å². The fraction of sp³-hybridized carbons (Fsp3) is 0.346. The second kappa shape index (κ2) is 11.2. The van der Waals surface area contributed by atoms with Crippen LogP contribution in [0.5, 0.6) is 5.75 Å². The van der Waals surface area contributed by atoms with Crippen LogP contribution in [0.25, 0.3) is 16.0 Å². The number of primary amides is 1.